The van der Waals surface area contributed by atoms with E-state index in [1.54, 1.807) is 24.3 Å². The quantitative estimate of drug-likeness (QED) is 0.657. The van der Waals surface area contributed by atoms with E-state index in [4.69, 9.17) is 28.0 Å². The Morgan fingerprint density at radius 2 is 1.86 bits per heavy atom. The zero-order valence-corrected chi connectivity index (χ0v) is 12.7. The first-order valence-corrected chi connectivity index (χ1v) is 6.96. The molecule has 0 aliphatic heterocycles. The summed E-state index contributed by atoms with van der Waals surface area (Å²) in [5, 5.41) is 6.86. The van der Waals surface area contributed by atoms with Gasteiger partial charge in [-0.05, 0) is 35.9 Å². The van der Waals surface area contributed by atoms with E-state index >= 15 is 0 Å². The fraction of sp³-hybridized carbons (Fsp3) is 0.0667. The van der Waals surface area contributed by atoms with E-state index in [1.807, 2.05) is 0 Å². The molecular weight excluding hydrogens is 330 g/mol. The normalized spacial score (nSPS) is 10.7. The van der Waals surface area contributed by atoms with Gasteiger partial charge in [0.15, 0.2) is 6.61 Å². The van der Waals surface area contributed by atoms with Crippen LogP contribution in [0, 0.1) is 5.82 Å². The van der Waals surface area contributed by atoms with Crippen molar-refractivity contribution in [1.82, 2.24) is 0 Å². The summed E-state index contributed by atoms with van der Waals surface area (Å²) in [6.07, 6.45) is 1.44. The van der Waals surface area contributed by atoms with Crippen molar-refractivity contribution in [2.75, 3.05) is 11.9 Å². The summed E-state index contributed by atoms with van der Waals surface area (Å²) in [4.78, 5) is 16.4. The highest BCUT2D eigenvalue weighted by atomic mass is 35.5. The van der Waals surface area contributed by atoms with E-state index in [0.29, 0.717) is 5.02 Å². The van der Waals surface area contributed by atoms with Gasteiger partial charge in [-0.3, -0.25) is 4.79 Å². The molecule has 0 heterocycles. The van der Waals surface area contributed by atoms with Crippen LogP contribution >= 0.6 is 23.2 Å². The first kappa shape index (κ1) is 16.3. The van der Waals surface area contributed by atoms with Gasteiger partial charge < -0.3 is 10.2 Å². The molecule has 22 heavy (non-hydrogen) atoms. The van der Waals surface area contributed by atoms with Crippen molar-refractivity contribution in [2.24, 2.45) is 5.16 Å². The molecule has 114 valence electrons. The summed E-state index contributed by atoms with van der Waals surface area (Å²) in [5.41, 5.74) is 0.799. The van der Waals surface area contributed by atoms with Gasteiger partial charge in [-0.25, -0.2) is 4.39 Å². The molecular formula is C15H11Cl2FN2O2. The standard InChI is InChI=1S/C15H11Cl2FN2O2/c16-11-3-1-10(2-4-11)8-19-22-9-15(21)20-14-6-5-12(17)7-13(14)18/h1-8H,9H2,(H,20,21)/b19-8-. The van der Waals surface area contributed by atoms with Crippen molar-refractivity contribution in [3.63, 3.8) is 0 Å². The van der Waals surface area contributed by atoms with Gasteiger partial charge in [0.1, 0.15) is 5.82 Å². The lowest BCUT2D eigenvalue weighted by Gasteiger charge is -2.05. The zero-order chi connectivity index (χ0) is 15.9. The van der Waals surface area contributed by atoms with Crippen LogP contribution in [0.2, 0.25) is 10.0 Å². The molecule has 1 N–H and O–H groups in total. The van der Waals surface area contributed by atoms with Crippen LogP contribution in [-0.2, 0) is 9.63 Å². The van der Waals surface area contributed by atoms with E-state index in [9.17, 15) is 9.18 Å². The number of hydrogen-bond acceptors (Lipinski definition) is 3. The van der Waals surface area contributed by atoms with Crippen LogP contribution in [0.5, 0.6) is 0 Å². The second-order valence-corrected chi connectivity index (χ2v) is 5.10. The molecule has 2 aromatic rings. The van der Waals surface area contributed by atoms with Crippen molar-refractivity contribution in [3.8, 4) is 0 Å². The van der Waals surface area contributed by atoms with Gasteiger partial charge >= 0.3 is 0 Å². The molecule has 0 saturated heterocycles. The summed E-state index contributed by atoms with van der Waals surface area (Å²) in [6, 6.07) is 10.9. The Morgan fingerprint density at radius 3 is 2.55 bits per heavy atom. The molecule has 2 rings (SSSR count). The summed E-state index contributed by atoms with van der Waals surface area (Å²) in [7, 11) is 0. The number of nitrogens with zero attached hydrogens (tertiary/aromatic N) is 1. The second kappa shape index (κ2) is 7.77. The number of oxime groups is 1. The van der Waals surface area contributed by atoms with Crippen LogP contribution in [0.25, 0.3) is 0 Å². The molecule has 4 nitrogen and oxygen atoms in total. The monoisotopic (exact) mass is 340 g/mol. The highest BCUT2D eigenvalue weighted by Crippen LogP contribution is 2.18. The van der Waals surface area contributed by atoms with Gasteiger partial charge in [-0.15, -0.1) is 0 Å². The molecule has 0 aliphatic rings. The predicted octanol–water partition coefficient (Wildman–Crippen LogP) is 4.12. The Morgan fingerprint density at radius 1 is 1.18 bits per heavy atom. The minimum absolute atomic E-state index is 0.0275. The lowest BCUT2D eigenvalue weighted by molar-refractivity contribution is -0.120. The minimum Gasteiger partial charge on any atom is -0.386 e. The smallest absolute Gasteiger partial charge is 0.265 e. The number of amides is 1. The SMILES string of the molecule is O=C(CO/N=C\c1ccc(Cl)cc1)Nc1ccc(Cl)cc1F. The number of rotatable bonds is 5. The van der Waals surface area contributed by atoms with E-state index in [1.165, 1.54) is 18.3 Å². The van der Waals surface area contributed by atoms with Gasteiger partial charge in [0.05, 0.1) is 11.9 Å². The summed E-state index contributed by atoms with van der Waals surface area (Å²) >= 11 is 11.4. The Kier molecular flexibility index (Phi) is 5.75. The summed E-state index contributed by atoms with van der Waals surface area (Å²) in [6.45, 7) is -0.341. The molecule has 0 unspecified atom stereocenters. The molecule has 2 aromatic carbocycles. The average molecular weight is 341 g/mol. The molecule has 0 aliphatic carbocycles. The molecule has 0 aromatic heterocycles. The molecule has 0 fully saturated rings. The average Bonchev–Trinajstić information content (AvgIpc) is 2.48. The van der Waals surface area contributed by atoms with Crippen LogP contribution < -0.4 is 5.32 Å². The maximum absolute atomic E-state index is 13.5. The van der Waals surface area contributed by atoms with Gasteiger partial charge in [-0.1, -0.05) is 40.5 Å². The number of benzene rings is 2. The zero-order valence-electron chi connectivity index (χ0n) is 11.2. The van der Waals surface area contributed by atoms with Gasteiger partial charge in [-0.2, -0.15) is 0 Å². The number of carbonyl (C=O) groups is 1. The van der Waals surface area contributed by atoms with E-state index in [0.717, 1.165) is 11.6 Å². The summed E-state index contributed by atoms with van der Waals surface area (Å²) < 4.78 is 13.5. The van der Waals surface area contributed by atoms with E-state index < -0.39 is 11.7 Å². The van der Waals surface area contributed by atoms with Crippen LogP contribution in [-0.4, -0.2) is 18.7 Å². The number of carbonyl (C=O) groups excluding carboxylic acids is 1. The molecule has 0 radical (unpaired) electrons. The molecule has 0 atom stereocenters. The topological polar surface area (TPSA) is 50.7 Å². The van der Waals surface area contributed by atoms with Gasteiger partial charge in [0, 0.05) is 10.0 Å². The third kappa shape index (κ3) is 5.02. The first-order chi connectivity index (χ1) is 10.5. The molecule has 7 heteroatoms. The minimum atomic E-state index is -0.620. The van der Waals surface area contributed by atoms with Crippen LogP contribution in [0.15, 0.2) is 47.6 Å². The maximum atomic E-state index is 13.5. The van der Waals surface area contributed by atoms with Crippen molar-refractivity contribution in [3.05, 3.63) is 63.9 Å². The number of nitrogens with one attached hydrogen (secondary N) is 1. The van der Waals surface area contributed by atoms with Gasteiger partial charge in [0.2, 0.25) is 0 Å². The predicted molar refractivity (Wildman–Crippen MR) is 85.0 cm³/mol. The Bertz CT molecular complexity index is 690. The first-order valence-electron chi connectivity index (χ1n) is 6.20. The molecule has 1 amide bonds. The lowest BCUT2D eigenvalue weighted by Crippen LogP contribution is -2.17. The number of anilines is 1. The van der Waals surface area contributed by atoms with Crippen molar-refractivity contribution in [2.45, 2.75) is 0 Å². The van der Waals surface area contributed by atoms with Gasteiger partial charge in [0.25, 0.3) is 5.91 Å². The number of halogens is 3. The lowest BCUT2D eigenvalue weighted by atomic mass is 10.2. The fourth-order valence-electron chi connectivity index (χ4n) is 1.52. The maximum Gasteiger partial charge on any atom is 0.265 e. The Hall–Kier alpha value is -2.11. The Balaban J connectivity index is 1.81. The summed E-state index contributed by atoms with van der Waals surface area (Å²) in [5.74, 6) is -1.15. The highest BCUT2D eigenvalue weighted by molar-refractivity contribution is 6.30. The second-order valence-electron chi connectivity index (χ2n) is 4.23. The van der Waals surface area contributed by atoms with Crippen LogP contribution in [0.1, 0.15) is 5.56 Å². The molecule has 0 saturated carbocycles. The van der Waals surface area contributed by atoms with E-state index in [-0.39, 0.29) is 17.3 Å². The Labute approximate surface area is 136 Å². The van der Waals surface area contributed by atoms with Crippen molar-refractivity contribution in [1.29, 1.82) is 0 Å². The largest absolute Gasteiger partial charge is 0.386 e. The molecule has 0 bridgehead atoms. The van der Waals surface area contributed by atoms with Crippen molar-refractivity contribution >= 4 is 41.0 Å². The third-order valence-electron chi connectivity index (χ3n) is 2.55. The third-order valence-corrected chi connectivity index (χ3v) is 3.03. The highest BCUT2D eigenvalue weighted by Gasteiger charge is 2.07. The fourth-order valence-corrected chi connectivity index (χ4v) is 1.80. The van der Waals surface area contributed by atoms with Crippen molar-refractivity contribution < 1.29 is 14.0 Å². The molecule has 0 spiro atoms. The van der Waals surface area contributed by atoms with E-state index in [2.05, 4.69) is 10.5 Å². The van der Waals surface area contributed by atoms with Crippen LogP contribution in [0.4, 0.5) is 10.1 Å². The van der Waals surface area contributed by atoms with Crippen LogP contribution in [0.3, 0.4) is 0 Å². The number of hydrogen-bond donors (Lipinski definition) is 1.